The first-order valence-electron chi connectivity index (χ1n) is 8.35. The van der Waals surface area contributed by atoms with Crippen molar-refractivity contribution in [1.82, 2.24) is 0 Å². The van der Waals surface area contributed by atoms with Crippen molar-refractivity contribution in [2.45, 2.75) is 52.9 Å². The minimum Gasteiger partial charge on any atom is -0.412 e. The molecule has 4 nitrogen and oxygen atoms in total. The minimum atomic E-state index is -0.637. The molecule has 2 N–H and O–H groups in total. The summed E-state index contributed by atoms with van der Waals surface area (Å²) >= 11 is 0. The number of ketones is 2. The van der Waals surface area contributed by atoms with Gasteiger partial charge in [-0.25, -0.2) is 0 Å². The van der Waals surface area contributed by atoms with Crippen LogP contribution in [-0.4, -0.2) is 11.6 Å². The van der Waals surface area contributed by atoms with E-state index in [0.29, 0.717) is 5.75 Å². The van der Waals surface area contributed by atoms with Crippen LogP contribution in [0.2, 0.25) is 0 Å². The summed E-state index contributed by atoms with van der Waals surface area (Å²) in [4.78, 5) is 31.2. The van der Waals surface area contributed by atoms with Crippen LogP contribution in [0.15, 0.2) is 18.2 Å². The Balaban J connectivity index is 2.12. The molecule has 4 heteroatoms. The Bertz CT molecular complexity index is 679. The van der Waals surface area contributed by atoms with Crippen molar-refractivity contribution in [3.05, 3.63) is 29.3 Å². The van der Waals surface area contributed by atoms with Gasteiger partial charge in [0.1, 0.15) is 11.7 Å². The Morgan fingerprint density at radius 1 is 1.26 bits per heavy atom. The van der Waals surface area contributed by atoms with Crippen LogP contribution in [0.1, 0.15) is 57.6 Å². The van der Waals surface area contributed by atoms with E-state index in [2.05, 4.69) is 13.8 Å². The second-order valence-corrected chi connectivity index (χ2v) is 7.68. The summed E-state index contributed by atoms with van der Waals surface area (Å²) in [6.45, 7) is 8.19. The molecule has 2 saturated carbocycles. The Labute approximate surface area is 137 Å². The first kappa shape index (κ1) is 16.2. The predicted molar refractivity (Wildman–Crippen MR) is 88.0 cm³/mol. The molecule has 2 aliphatic rings. The number of rotatable bonds is 3. The molecule has 1 aromatic carbocycles. The standard InChI is InChI=1S/C19H25NO3/c1-5-11-10-12(23-20)6-7-13(11)15-16(21)14-8-9-19(4,17(15)22)18(14,2)3/h6-7,10,14-15H,5,8-9,20H2,1-4H3. The quantitative estimate of drug-likeness (QED) is 0.687. The minimum absolute atomic E-state index is 0.0367. The van der Waals surface area contributed by atoms with E-state index in [1.54, 1.807) is 6.07 Å². The average molecular weight is 315 g/mol. The van der Waals surface area contributed by atoms with Gasteiger partial charge in [0.15, 0.2) is 11.6 Å². The monoisotopic (exact) mass is 315 g/mol. The second-order valence-electron chi connectivity index (χ2n) is 7.68. The predicted octanol–water partition coefficient (Wildman–Crippen LogP) is 3.18. The smallest absolute Gasteiger partial charge is 0.154 e. The molecule has 0 saturated heterocycles. The molecule has 0 radical (unpaired) electrons. The van der Waals surface area contributed by atoms with Gasteiger partial charge >= 0.3 is 0 Å². The van der Waals surface area contributed by atoms with Gasteiger partial charge in [-0.1, -0.05) is 33.8 Å². The van der Waals surface area contributed by atoms with Crippen LogP contribution in [0, 0.1) is 16.7 Å². The van der Waals surface area contributed by atoms with Gasteiger partial charge < -0.3 is 4.84 Å². The van der Waals surface area contributed by atoms with Crippen LogP contribution in [0.4, 0.5) is 0 Å². The third-order valence-corrected chi connectivity index (χ3v) is 6.60. The van der Waals surface area contributed by atoms with Crippen molar-refractivity contribution in [2.75, 3.05) is 0 Å². The van der Waals surface area contributed by atoms with Crippen LogP contribution < -0.4 is 10.7 Å². The number of Topliss-reactive ketones (excluding diaryl/α,β-unsaturated/α-hetero) is 2. The van der Waals surface area contributed by atoms with Gasteiger partial charge in [-0.2, -0.15) is 5.90 Å². The molecule has 3 atom stereocenters. The number of carbonyl (C=O) groups is 2. The van der Waals surface area contributed by atoms with Gasteiger partial charge in [-0.15, -0.1) is 0 Å². The summed E-state index contributed by atoms with van der Waals surface area (Å²) in [7, 11) is 0. The second kappa shape index (κ2) is 5.17. The van der Waals surface area contributed by atoms with Gasteiger partial charge in [0.25, 0.3) is 0 Å². The first-order chi connectivity index (χ1) is 10.8. The molecule has 23 heavy (non-hydrogen) atoms. The van der Waals surface area contributed by atoms with Crippen LogP contribution >= 0.6 is 0 Å². The van der Waals surface area contributed by atoms with Crippen molar-refractivity contribution in [3.8, 4) is 5.75 Å². The van der Waals surface area contributed by atoms with Gasteiger partial charge in [0.05, 0.1) is 0 Å². The molecule has 1 aromatic rings. The number of hydrogen-bond donors (Lipinski definition) is 1. The average Bonchev–Trinajstić information content (AvgIpc) is 2.71. The molecule has 3 unspecified atom stereocenters. The van der Waals surface area contributed by atoms with E-state index < -0.39 is 11.3 Å². The van der Waals surface area contributed by atoms with Crippen LogP contribution in [-0.2, 0) is 16.0 Å². The van der Waals surface area contributed by atoms with Crippen molar-refractivity contribution in [1.29, 1.82) is 0 Å². The molecule has 2 bridgehead atoms. The molecular weight excluding hydrogens is 290 g/mol. The highest BCUT2D eigenvalue weighted by atomic mass is 16.6. The number of aryl methyl sites for hydroxylation is 1. The Kier molecular flexibility index (Phi) is 3.64. The van der Waals surface area contributed by atoms with E-state index in [0.717, 1.165) is 30.4 Å². The molecule has 3 rings (SSSR count). The van der Waals surface area contributed by atoms with Crippen LogP contribution in [0.5, 0.6) is 5.75 Å². The highest BCUT2D eigenvalue weighted by Gasteiger charge is 2.64. The van der Waals surface area contributed by atoms with Crippen LogP contribution in [0.3, 0.4) is 0 Å². The Morgan fingerprint density at radius 3 is 2.57 bits per heavy atom. The fourth-order valence-electron chi connectivity index (χ4n) is 4.63. The number of fused-ring (bicyclic) bond motifs is 2. The lowest BCUT2D eigenvalue weighted by atomic mass is 9.54. The molecule has 2 aliphatic carbocycles. The molecule has 0 amide bonds. The van der Waals surface area contributed by atoms with E-state index in [1.807, 2.05) is 26.0 Å². The molecule has 0 aliphatic heterocycles. The lowest BCUT2D eigenvalue weighted by Crippen LogP contribution is -2.52. The van der Waals surface area contributed by atoms with E-state index in [1.165, 1.54) is 0 Å². The lowest BCUT2D eigenvalue weighted by Gasteiger charge is -2.46. The highest BCUT2D eigenvalue weighted by molar-refractivity contribution is 6.14. The van der Waals surface area contributed by atoms with Crippen LogP contribution in [0.25, 0.3) is 0 Å². The summed E-state index contributed by atoms with van der Waals surface area (Å²) in [6, 6.07) is 5.40. The summed E-state index contributed by atoms with van der Waals surface area (Å²) < 4.78 is 0. The lowest BCUT2D eigenvalue weighted by molar-refractivity contribution is -0.149. The molecule has 0 aromatic heterocycles. The zero-order valence-electron chi connectivity index (χ0n) is 14.3. The third-order valence-electron chi connectivity index (χ3n) is 6.60. The van der Waals surface area contributed by atoms with E-state index in [-0.39, 0.29) is 22.9 Å². The number of hydrogen-bond acceptors (Lipinski definition) is 4. The topological polar surface area (TPSA) is 69.4 Å². The summed E-state index contributed by atoms with van der Waals surface area (Å²) in [6.07, 6.45) is 2.35. The summed E-state index contributed by atoms with van der Waals surface area (Å²) in [5.74, 6) is 5.28. The van der Waals surface area contributed by atoms with Gasteiger partial charge in [-0.05, 0) is 47.9 Å². The molecular formula is C19H25NO3. The molecule has 0 heterocycles. The van der Waals surface area contributed by atoms with Crippen molar-refractivity contribution in [2.24, 2.45) is 22.6 Å². The van der Waals surface area contributed by atoms with Crippen molar-refractivity contribution in [3.63, 3.8) is 0 Å². The Hall–Kier alpha value is -1.68. The van der Waals surface area contributed by atoms with E-state index >= 15 is 0 Å². The number of carbonyl (C=O) groups excluding carboxylic acids is 2. The summed E-state index contributed by atoms with van der Waals surface area (Å²) in [5, 5.41) is 0. The summed E-state index contributed by atoms with van der Waals surface area (Å²) in [5.41, 5.74) is 1.11. The zero-order valence-corrected chi connectivity index (χ0v) is 14.3. The van der Waals surface area contributed by atoms with Gasteiger partial charge in [0, 0.05) is 11.3 Å². The molecule has 2 fully saturated rings. The normalized spacial score (nSPS) is 32.2. The van der Waals surface area contributed by atoms with Gasteiger partial charge in [0.2, 0.25) is 0 Å². The maximum atomic E-state index is 13.3. The highest BCUT2D eigenvalue weighted by Crippen LogP contribution is 2.62. The van der Waals surface area contributed by atoms with Crippen molar-refractivity contribution < 1.29 is 14.4 Å². The third kappa shape index (κ3) is 2.01. The largest absolute Gasteiger partial charge is 0.412 e. The maximum Gasteiger partial charge on any atom is 0.154 e. The first-order valence-corrected chi connectivity index (χ1v) is 8.35. The van der Waals surface area contributed by atoms with Gasteiger partial charge in [-0.3, -0.25) is 9.59 Å². The zero-order chi connectivity index (χ0) is 17.0. The number of nitrogens with two attached hydrogens (primary N) is 1. The van der Waals surface area contributed by atoms with Crippen molar-refractivity contribution >= 4 is 11.6 Å². The number of benzene rings is 1. The fraction of sp³-hybridized carbons (Fsp3) is 0.579. The molecule has 0 spiro atoms. The fourth-order valence-corrected chi connectivity index (χ4v) is 4.63. The van der Waals surface area contributed by atoms with E-state index in [4.69, 9.17) is 10.7 Å². The Morgan fingerprint density at radius 2 is 1.96 bits per heavy atom. The SMILES string of the molecule is CCc1cc(ON)ccc1C1C(=O)C2CCC(C)(C1=O)C2(C)C. The maximum absolute atomic E-state index is 13.3. The molecule has 124 valence electrons. The van der Waals surface area contributed by atoms with E-state index in [9.17, 15) is 9.59 Å².